The molecule has 0 aliphatic rings. The number of carbonyl (C=O) groups excluding carboxylic acids is 2. The molecule has 0 heterocycles. The van der Waals surface area contributed by atoms with Gasteiger partial charge in [0.05, 0.1) is 17.7 Å². The molecule has 2 aromatic carbocycles. The van der Waals surface area contributed by atoms with Crippen LogP contribution < -0.4 is 15.2 Å². The van der Waals surface area contributed by atoms with E-state index in [1.807, 2.05) is 0 Å². The van der Waals surface area contributed by atoms with E-state index in [0.29, 0.717) is 5.56 Å². The number of aryl methyl sites for hydroxylation is 1. The number of amides is 1. The van der Waals surface area contributed by atoms with Crippen LogP contribution in [0.2, 0.25) is 0 Å². The maximum Gasteiger partial charge on any atom is 0.342 e. The Kier molecular flexibility index (Phi) is 6.13. The lowest BCUT2D eigenvalue weighted by atomic mass is 10.2. The summed E-state index contributed by atoms with van der Waals surface area (Å²) in [5.74, 6) is -2.36. The molecule has 0 fully saturated rings. The van der Waals surface area contributed by atoms with Crippen molar-refractivity contribution < 1.29 is 31.9 Å². The topological polar surface area (TPSA) is 125 Å². The molecule has 0 unspecified atom stereocenters. The molecule has 0 aliphatic carbocycles. The van der Waals surface area contributed by atoms with Gasteiger partial charge in [-0.1, -0.05) is 6.07 Å². The molecule has 0 saturated carbocycles. The van der Waals surface area contributed by atoms with Crippen LogP contribution in [0.4, 0.5) is 10.1 Å². The summed E-state index contributed by atoms with van der Waals surface area (Å²) in [5, 5.41) is 7.30. The van der Waals surface area contributed by atoms with Crippen LogP contribution in [0.15, 0.2) is 41.3 Å². The molecule has 10 heteroatoms. The molecule has 27 heavy (non-hydrogen) atoms. The van der Waals surface area contributed by atoms with Gasteiger partial charge in [-0.05, 0) is 42.8 Å². The predicted molar refractivity (Wildman–Crippen MR) is 94.4 cm³/mol. The van der Waals surface area contributed by atoms with Gasteiger partial charge in [0, 0.05) is 0 Å². The molecule has 1 amide bonds. The number of methoxy groups -OCH3 is 1. The SMILES string of the molecule is COc1ccc(S(N)(=O)=O)cc1C(=O)OCC(=O)Nc1ccc(C)cc1F. The van der Waals surface area contributed by atoms with Crippen molar-refractivity contribution in [3.63, 3.8) is 0 Å². The average molecular weight is 396 g/mol. The van der Waals surface area contributed by atoms with E-state index in [1.165, 1.54) is 25.3 Å². The molecular weight excluding hydrogens is 379 g/mol. The van der Waals surface area contributed by atoms with Gasteiger partial charge in [0.2, 0.25) is 10.0 Å². The van der Waals surface area contributed by atoms with E-state index in [1.54, 1.807) is 13.0 Å². The van der Waals surface area contributed by atoms with Crippen LogP contribution in [0.5, 0.6) is 5.75 Å². The smallest absolute Gasteiger partial charge is 0.342 e. The third-order valence-corrected chi connectivity index (χ3v) is 4.36. The summed E-state index contributed by atoms with van der Waals surface area (Å²) in [6.07, 6.45) is 0. The van der Waals surface area contributed by atoms with Crippen molar-refractivity contribution in [2.75, 3.05) is 19.0 Å². The van der Waals surface area contributed by atoms with Crippen LogP contribution in [0.3, 0.4) is 0 Å². The van der Waals surface area contributed by atoms with Gasteiger partial charge in [0.1, 0.15) is 17.1 Å². The minimum absolute atomic E-state index is 0.0392. The Morgan fingerprint density at radius 1 is 1.19 bits per heavy atom. The maximum atomic E-state index is 13.7. The summed E-state index contributed by atoms with van der Waals surface area (Å²) < 4.78 is 46.4. The van der Waals surface area contributed by atoms with Gasteiger partial charge >= 0.3 is 5.97 Å². The first-order valence-corrected chi connectivity index (χ1v) is 9.10. The predicted octanol–water partition coefficient (Wildman–Crippen LogP) is 1.59. The number of esters is 1. The Bertz CT molecular complexity index is 991. The number of carbonyl (C=O) groups is 2. The first-order chi connectivity index (χ1) is 12.6. The van der Waals surface area contributed by atoms with Gasteiger partial charge in [-0.15, -0.1) is 0 Å². The summed E-state index contributed by atoms with van der Waals surface area (Å²) >= 11 is 0. The normalized spacial score (nSPS) is 11.0. The number of halogens is 1. The number of hydrogen-bond acceptors (Lipinski definition) is 6. The number of nitrogens with one attached hydrogen (secondary N) is 1. The Morgan fingerprint density at radius 3 is 2.48 bits per heavy atom. The van der Waals surface area contributed by atoms with Gasteiger partial charge in [-0.25, -0.2) is 22.7 Å². The fourth-order valence-corrected chi connectivity index (χ4v) is 2.68. The fraction of sp³-hybridized carbons (Fsp3) is 0.176. The third-order valence-electron chi connectivity index (χ3n) is 3.45. The van der Waals surface area contributed by atoms with E-state index in [2.05, 4.69) is 5.32 Å². The first-order valence-electron chi connectivity index (χ1n) is 7.56. The van der Waals surface area contributed by atoms with E-state index in [4.69, 9.17) is 14.6 Å². The van der Waals surface area contributed by atoms with E-state index < -0.39 is 34.3 Å². The molecule has 2 rings (SSSR count). The molecular formula is C17H17FN2O6S. The van der Waals surface area contributed by atoms with Crippen molar-refractivity contribution in [2.45, 2.75) is 11.8 Å². The van der Waals surface area contributed by atoms with Crippen LogP contribution in [0, 0.1) is 12.7 Å². The molecule has 0 spiro atoms. The summed E-state index contributed by atoms with van der Waals surface area (Å²) in [6.45, 7) is 0.981. The number of hydrogen-bond donors (Lipinski definition) is 2. The minimum atomic E-state index is -4.05. The minimum Gasteiger partial charge on any atom is -0.496 e. The van der Waals surface area contributed by atoms with Crippen LogP contribution in [-0.2, 0) is 19.6 Å². The van der Waals surface area contributed by atoms with Crippen molar-refractivity contribution in [3.8, 4) is 5.75 Å². The summed E-state index contributed by atoms with van der Waals surface area (Å²) in [4.78, 5) is 23.7. The number of benzene rings is 2. The third kappa shape index (κ3) is 5.25. The Labute approximate surface area is 155 Å². The monoisotopic (exact) mass is 396 g/mol. The summed E-state index contributed by atoms with van der Waals surface area (Å²) in [7, 11) is -2.77. The number of rotatable bonds is 6. The molecule has 0 aromatic heterocycles. The number of primary sulfonamides is 1. The van der Waals surface area contributed by atoms with Crippen LogP contribution in [-0.4, -0.2) is 34.0 Å². The van der Waals surface area contributed by atoms with Gasteiger partial charge in [0.15, 0.2) is 6.61 Å². The van der Waals surface area contributed by atoms with Gasteiger partial charge in [-0.2, -0.15) is 0 Å². The highest BCUT2D eigenvalue weighted by atomic mass is 32.2. The zero-order valence-electron chi connectivity index (χ0n) is 14.5. The zero-order chi connectivity index (χ0) is 20.2. The van der Waals surface area contributed by atoms with Crippen LogP contribution in [0.1, 0.15) is 15.9 Å². The van der Waals surface area contributed by atoms with Gasteiger partial charge in [-0.3, -0.25) is 4.79 Å². The standard InChI is InChI=1S/C17H17FN2O6S/c1-10-3-5-14(13(18)7-10)20-16(21)9-26-17(22)12-8-11(27(19,23)24)4-6-15(12)25-2/h3-8H,9H2,1-2H3,(H,20,21)(H2,19,23,24). The van der Waals surface area contributed by atoms with E-state index in [9.17, 15) is 22.4 Å². The van der Waals surface area contributed by atoms with E-state index in [0.717, 1.165) is 12.1 Å². The van der Waals surface area contributed by atoms with Crippen molar-refractivity contribution in [1.82, 2.24) is 0 Å². The van der Waals surface area contributed by atoms with Crippen LogP contribution >= 0.6 is 0 Å². The summed E-state index contributed by atoms with van der Waals surface area (Å²) in [5.41, 5.74) is 0.396. The van der Waals surface area contributed by atoms with Gasteiger partial charge < -0.3 is 14.8 Å². The second-order valence-electron chi connectivity index (χ2n) is 5.51. The quantitative estimate of drug-likeness (QED) is 0.715. The lowest BCUT2D eigenvalue weighted by molar-refractivity contribution is -0.119. The fourth-order valence-electron chi connectivity index (χ4n) is 2.14. The molecule has 0 bridgehead atoms. The lowest BCUT2D eigenvalue weighted by Gasteiger charge is -2.11. The van der Waals surface area contributed by atoms with E-state index in [-0.39, 0.29) is 21.9 Å². The highest BCUT2D eigenvalue weighted by Crippen LogP contribution is 2.23. The molecule has 0 radical (unpaired) electrons. The number of nitrogens with two attached hydrogens (primary N) is 1. The summed E-state index contributed by atoms with van der Waals surface area (Å²) in [6, 6.07) is 7.60. The molecule has 0 atom stereocenters. The largest absolute Gasteiger partial charge is 0.496 e. The number of anilines is 1. The first kappa shape index (κ1) is 20.3. The van der Waals surface area contributed by atoms with Gasteiger partial charge in [0.25, 0.3) is 5.91 Å². The van der Waals surface area contributed by atoms with E-state index >= 15 is 0 Å². The van der Waals surface area contributed by atoms with Crippen LogP contribution in [0.25, 0.3) is 0 Å². The Balaban J connectivity index is 2.09. The van der Waals surface area contributed by atoms with Crippen molar-refractivity contribution in [3.05, 3.63) is 53.3 Å². The van der Waals surface area contributed by atoms with Crippen molar-refractivity contribution in [2.24, 2.45) is 5.14 Å². The number of ether oxygens (including phenoxy) is 2. The lowest BCUT2D eigenvalue weighted by Crippen LogP contribution is -2.22. The maximum absolute atomic E-state index is 13.7. The number of sulfonamides is 1. The van der Waals surface area contributed by atoms with Crippen molar-refractivity contribution in [1.29, 1.82) is 0 Å². The molecule has 8 nitrogen and oxygen atoms in total. The second kappa shape index (κ2) is 8.14. The molecule has 0 aliphatic heterocycles. The zero-order valence-corrected chi connectivity index (χ0v) is 15.3. The van der Waals surface area contributed by atoms with Crippen molar-refractivity contribution >= 4 is 27.6 Å². The molecule has 0 saturated heterocycles. The second-order valence-corrected chi connectivity index (χ2v) is 7.08. The Hall–Kier alpha value is -2.98. The molecule has 3 N–H and O–H groups in total. The highest BCUT2D eigenvalue weighted by molar-refractivity contribution is 7.89. The molecule has 2 aromatic rings. The Morgan fingerprint density at radius 2 is 1.89 bits per heavy atom. The average Bonchev–Trinajstić information content (AvgIpc) is 2.60. The highest BCUT2D eigenvalue weighted by Gasteiger charge is 2.19. The molecule has 144 valence electrons.